The van der Waals surface area contributed by atoms with Crippen LogP contribution in [-0.4, -0.2) is 42.2 Å². The molecule has 0 saturated heterocycles. The van der Waals surface area contributed by atoms with Crippen LogP contribution in [0.15, 0.2) is 36.0 Å². The first-order chi connectivity index (χ1) is 12.2. The molecule has 0 aromatic carbocycles. The Bertz CT molecular complexity index is 862. The van der Waals surface area contributed by atoms with Gasteiger partial charge in [0.05, 0.1) is 12.0 Å². The zero-order valence-electron chi connectivity index (χ0n) is 13.8. The number of nitrogens with one attached hydrogen (secondary N) is 3. The topological polar surface area (TPSA) is 112 Å². The van der Waals surface area contributed by atoms with Gasteiger partial charge >= 0.3 is 0 Å². The summed E-state index contributed by atoms with van der Waals surface area (Å²) in [6.45, 7) is 2.72. The first-order valence-corrected chi connectivity index (χ1v) is 9.00. The lowest BCUT2D eigenvalue weighted by atomic mass is 10.1. The van der Waals surface area contributed by atoms with Crippen molar-refractivity contribution in [3.05, 3.63) is 64.1 Å². The number of imidazole rings is 1. The average molecular weight is 357 g/mol. The van der Waals surface area contributed by atoms with Crippen molar-refractivity contribution < 1.29 is 0 Å². The van der Waals surface area contributed by atoms with Crippen LogP contribution in [0, 0.1) is 6.92 Å². The predicted molar refractivity (Wildman–Crippen MR) is 97.7 cm³/mol. The summed E-state index contributed by atoms with van der Waals surface area (Å²) in [5, 5.41) is 3.13. The van der Waals surface area contributed by atoms with Gasteiger partial charge in [-0.25, -0.2) is 19.9 Å². The van der Waals surface area contributed by atoms with Gasteiger partial charge in [-0.1, -0.05) is 0 Å². The van der Waals surface area contributed by atoms with E-state index in [1.807, 2.05) is 6.92 Å². The first kappa shape index (κ1) is 17.2. The van der Waals surface area contributed by atoms with Crippen molar-refractivity contribution in [3.63, 3.8) is 0 Å². The van der Waals surface area contributed by atoms with E-state index in [1.54, 1.807) is 36.7 Å². The molecule has 0 aliphatic rings. The molecule has 3 aromatic heterocycles. The summed E-state index contributed by atoms with van der Waals surface area (Å²) in [7, 11) is 0. The summed E-state index contributed by atoms with van der Waals surface area (Å²) in [5.74, 6) is 2.23. The van der Waals surface area contributed by atoms with Gasteiger partial charge in [0.1, 0.15) is 6.33 Å². The second kappa shape index (κ2) is 8.43. The molecule has 9 heteroatoms. The molecule has 0 fully saturated rings. The van der Waals surface area contributed by atoms with E-state index < -0.39 is 0 Å². The third-order valence-electron chi connectivity index (χ3n) is 3.59. The van der Waals surface area contributed by atoms with Gasteiger partial charge in [-0.05, 0) is 12.5 Å². The van der Waals surface area contributed by atoms with E-state index >= 15 is 0 Å². The molecule has 8 nitrogen and oxygen atoms in total. The van der Waals surface area contributed by atoms with Crippen LogP contribution in [-0.2, 0) is 12.2 Å². The maximum atomic E-state index is 12.1. The number of aromatic amines is 2. The summed E-state index contributed by atoms with van der Waals surface area (Å²) < 4.78 is 0. The molecule has 0 spiro atoms. The Labute approximate surface area is 149 Å². The summed E-state index contributed by atoms with van der Waals surface area (Å²) in [5.41, 5.74) is 3.49. The molecule has 3 N–H and O–H groups in total. The van der Waals surface area contributed by atoms with Gasteiger partial charge in [0.2, 0.25) is 5.95 Å². The van der Waals surface area contributed by atoms with Crippen molar-refractivity contribution in [2.24, 2.45) is 0 Å². The molecular weight excluding hydrogens is 338 g/mol. The minimum Gasteiger partial charge on any atom is -0.355 e. The normalized spacial score (nSPS) is 10.8. The number of aromatic nitrogens is 6. The summed E-state index contributed by atoms with van der Waals surface area (Å²) in [6, 6.07) is 0. The van der Waals surface area contributed by atoms with Crippen LogP contribution in [0.4, 0.5) is 5.95 Å². The van der Waals surface area contributed by atoms with Crippen LogP contribution in [0.25, 0.3) is 0 Å². The largest absolute Gasteiger partial charge is 0.355 e. The maximum absolute atomic E-state index is 12.1. The Hall–Kier alpha value is -2.68. The van der Waals surface area contributed by atoms with Crippen LogP contribution < -0.4 is 10.9 Å². The lowest BCUT2D eigenvalue weighted by Crippen LogP contribution is -2.18. The SMILES string of the molecule is Cc1[nH]cnc1CSCCNc1ncc(Cc2cncnc2)c(=O)[nH]1. The molecular formula is C16H19N7OS. The van der Waals surface area contributed by atoms with Gasteiger partial charge in [-0.15, -0.1) is 0 Å². The molecule has 0 aliphatic carbocycles. The Morgan fingerprint density at radius 1 is 1.20 bits per heavy atom. The van der Waals surface area contributed by atoms with E-state index in [1.165, 1.54) is 6.33 Å². The Kier molecular flexibility index (Phi) is 5.78. The fourth-order valence-corrected chi connectivity index (χ4v) is 3.10. The smallest absolute Gasteiger partial charge is 0.255 e. The quantitative estimate of drug-likeness (QED) is 0.524. The molecule has 0 amide bonds. The molecule has 3 rings (SSSR count). The van der Waals surface area contributed by atoms with Crippen LogP contribution in [0.2, 0.25) is 0 Å². The summed E-state index contributed by atoms with van der Waals surface area (Å²) >= 11 is 1.77. The number of nitrogens with zero attached hydrogens (tertiary/aromatic N) is 4. The number of hydrogen-bond acceptors (Lipinski definition) is 7. The number of anilines is 1. The van der Waals surface area contributed by atoms with Crippen molar-refractivity contribution in [1.29, 1.82) is 0 Å². The molecule has 25 heavy (non-hydrogen) atoms. The minimum absolute atomic E-state index is 0.152. The van der Waals surface area contributed by atoms with Crippen LogP contribution in [0.3, 0.4) is 0 Å². The minimum atomic E-state index is -0.152. The Balaban J connectivity index is 1.46. The second-order valence-electron chi connectivity index (χ2n) is 5.46. The monoisotopic (exact) mass is 357 g/mol. The molecule has 0 unspecified atom stereocenters. The van der Waals surface area contributed by atoms with Crippen molar-refractivity contribution in [3.8, 4) is 0 Å². The number of hydrogen-bond donors (Lipinski definition) is 3. The standard InChI is InChI=1S/C16H19N7OS/c1-11-14(22-10-21-11)8-25-3-2-19-16-20-7-13(15(24)23-16)4-12-5-17-9-18-6-12/h5-7,9-10H,2-4,8H2,1H3,(H,21,22)(H2,19,20,23,24). The fourth-order valence-electron chi connectivity index (χ4n) is 2.22. The van der Waals surface area contributed by atoms with Crippen molar-refractivity contribution in [2.75, 3.05) is 17.6 Å². The van der Waals surface area contributed by atoms with Gasteiger partial charge in [-0.3, -0.25) is 9.78 Å². The molecule has 3 aromatic rings. The first-order valence-electron chi connectivity index (χ1n) is 7.85. The summed E-state index contributed by atoms with van der Waals surface area (Å²) in [6.07, 6.45) is 8.61. The van der Waals surface area contributed by atoms with Crippen molar-refractivity contribution >= 4 is 17.7 Å². The van der Waals surface area contributed by atoms with Crippen LogP contribution in [0.1, 0.15) is 22.5 Å². The van der Waals surface area contributed by atoms with Gasteiger partial charge in [0, 0.05) is 54.3 Å². The fraction of sp³-hybridized carbons (Fsp3) is 0.312. The van der Waals surface area contributed by atoms with Crippen molar-refractivity contribution in [1.82, 2.24) is 29.9 Å². The number of aryl methyl sites for hydroxylation is 1. The highest BCUT2D eigenvalue weighted by Crippen LogP contribution is 2.12. The van der Waals surface area contributed by atoms with E-state index in [2.05, 4.69) is 35.2 Å². The Morgan fingerprint density at radius 3 is 2.76 bits per heavy atom. The Morgan fingerprint density at radius 2 is 2.04 bits per heavy atom. The van der Waals surface area contributed by atoms with Gasteiger partial charge in [0.25, 0.3) is 5.56 Å². The third-order valence-corrected chi connectivity index (χ3v) is 4.56. The molecule has 0 atom stereocenters. The molecule has 0 bridgehead atoms. The van der Waals surface area contributed by atoms with Crippen LogP contribution >= 0.6 is 11.8 Å². The van der Waals surface area contributed by atoms with Crippen molar-refractivity contribution in [2.45, 2.75) is 19.1 Å². The zero-order chi connectivity index (χ0) is 17.5. The molecule has 3 heterocycles. The number of rotatable bonds is 8. The lowest BCUT2D eigenvalue weighted by molar-refractivity contribution is 0.990. The predicted octanol–water partition coefficient (Wildman–Crippen LogP) is 1.53. The highest BCUT2D eigenvalue weighted by molar-refractivity contribution is 7.98. The van der Waals surface area contributed by atoms with E-state index in [9.17, 15) is 4.79 Å². The average Bonchev–Trinajstić information content (AvgIpc) is 3.03. The summed E-state index contributed by atoms with van der Waals surface area (Å²) in [4.78, 5) is 34.4. The highest BCUT2D eigenvalue weighted by Gasteiger charge is 2.05. The van der Waals surface area contributed by atoms with Crippen LogP contribution in [0.5, 0.6) is 0 Å². The van der Waals surface area contributed by atoms with E-state index in [4.69, 9.17) is 0 Å². The van der Waals surface area contributed by atoms with Gasteiger partial charge < -0.3 is 10.3 Å². The molecule has 0 saturated carbocycles. The molecule has 0 radical (unpaired) electrons. The third kappa shape index (κ3) is 4.90. The van der Waals surface area contributed by atoms with Gasteiger partial charge in [-0.2, -0.15) is 11.8 Å². The molecule has 130 valence electrons. The number of thioether (sulfide) groups is 1. The van der Waals surface area contributed by atoms with E-state index in [0.29, 0.717) is 24.5 Å². The lowest BCUT2D eigenvalue weighted by Gasteiger charge is -2.06. The second-order valence-corrected chi connectivity index (χ2v) is 6.57. The number of H-pyrrole nitrogens is 2. The zero-order valence-corrected chi connectivity index (χ0v) is 14.6. The van der Waals surface area contributed by atoms with E-state index in [0.717, 1.165) is 28.5 Å². The van der Waals surface area contributed by atoms with Gasteiger partial charge in [0.15, 0.2) is 0 Å². The molecule has 0 aliphatic heterocycles. The maximum Gasteiger partial charge on any atom is 0.255 e. The highest BCUT2D eigenvalue weighted by atomic mass is 32.2. The van der Waals surface area contributed by atoms with E-state index in [-0.39, 0.29) is 5.56 Å².